The molecule has 0 atom stereocenters. The number of benzene rings is 2. The van der Waals surface area contributed by atoms with Crippen LogP contribution in [0.4, 0.5) is 5.69 Å². The van der Waals surface area contributed by atoms with Crippen LogP contribution in [0, 0.1) is 10.1 Å². The van der Waals surface area contributed by atoms with E-state index in [1.165, 1.54) is 18.2 Å². The van der Waals surface area contributed by atoms with Crippen molar-refractivity contribution in [3.63, 3.8) is 0 Å². The molecule has 1 N–H and O–H groups in total. The van der Waals surface area contributed by atoms with Crippen molar-refractivity contribution in [2.75, 3.05) is 33.3 Å². The highest BCUT2D eigenvalue weighted by molar-refractivity contribution is 5.97. The molecule has 1 aliphatic rings. The second-order valence-corrected chi connectivity index (χ2v) is 5.76. The Bertz CT molecular complexity index is 807. The molecule has 1 aliphatic heterocycles. The van der Waals surface area contributed by atoms with Gasteiger partial charge in [0.1, 0.15) is 17.2 Å². The van der Waals surface area contributed by atoms with Crippen LogP contribution in [0.2, 0.25) is 0 Å². The van der Waals surface area contributed by atoms with E-state index < -0.39 is 4.92 Å². The zero-order valence-corrected chi connectivity index (χ0v) is 15.5. The molecule has 2 aromatic rings. The zero-order chi connectivity index (χ0) is 18.5. The predicted octanol–water partition coefficient (Wildman–Crippen LogP) is 2.86. The van der Waals surface area contributed by atoms with Gasteiger partial charge in [0.25, 0.3) is 11.6 Å². The first kappa shape index (κ1) is 20.5. The Labute approximate surface area is 162 Å². The van der Waals surface area contributed by atoms with Crippen LogP contribution in [0.3, 0.4) is 0 Å². The maximum atomic E-state index is 12.9. The molecule has 1 fully saturated rings. The van der Waals surface area contributed by atoms with Gasteiger partial charge in [-0.05, 0) is 30.3 Å². The number of halogens is 1. The first-order valence-electron chi connectivity index (χ1n) is 8.19. The summed E-state index contributed by atoms with van der Waals surface area (Å²) in [5, 5.41) is 14.3. The lowest BCUT2D eigenvalue weighted by molar-refractivity contribution is -0.384. The highest BCUT2D eigenvalue weighted by Crippen LogP contribution is 2.30. The lowest BCUT2D eigenvalue weighted by Crippen LogP contribution is -2.46. The van der Waals surface area contributed by atoms with Crippen LogP contribution in [0.15, 0.2) is 42.5 Å². The minimum Gasteiger partial charge on any atom is -0.497 e. The summed E-state index contributed by atoms with van der Waals surface area (Å²) in [5.74, 6) is 1.19. The number of nitrogens with one attached hydrogen (secondary N) is 1. The van der Waals surface area contributed by atoms with E-state index in [2.05, 4.69) is 5.32 Å². The molecule has 0 radical (unpaired) electrons. The van der Waals surface area contributed by atoms with Crippen molar-refractivity contribution >= 4 is 24.0 Å². The highest BCUT2D eigenvalue weighted by atomic mass is 35.5. The van der Waals surface area contributed by atoms with E-state index >= 15 is 0 Å². The Morgan fingerprint density at radius 2 is 1.74 bits per heavy atom. The van der Waals surface area contributed by atoms with E-state index in [0.29, 0.717) is 37.7 Å². The number of carbonyl (C=O) groups is 1. The van der Waals surface area contributed by atoms with Crippen molar-refractivity contribution in [2.45, 2.75) is 0 Å². The normalized spacial score (nSPS) is 13.4. The number of nitro groups is 1. The van der Waals surface area contributed by atoms with Gasteiger partial charge in [-0.3, -0.25) is 14.9 Å². The second-order valence-electron chi connectivity index (χ2n) is 5.76. The molecular weight excluding hydrogens is 374 g/mol. The van der Waals surface area contributed by atoms with Crippen LogP contribution < -0.4 is 14.8 Å². The molecule has 1 saturated heterocycles. The van der Waals surface area contributed by atoms with Crippen LogP contribution in [0.1, 0.15) is 10.4 Å². The number of non-ortho nitro benzene ring substituents is 1. The van der Waals surface area contributed by atoms with Gasteiger partial charge in [0.05, 0.1) is 17.6 Å². The summed E-state index contributed by atoms with van der Waals surface area (Å²) < 4.78 is 10.9. The summed E-state index contributed by atoms with van der Waals surface area (Å²) in [7, 11) is 1.57. The summed E-state index contributed by atoms with van der Waals surface area (Å²) in [6, 6.07) is 10.9. The molecule has 3 rings (SSSR count). The molecule has 1 amide bonds. The fourth-order valence-corrected chi connectivity index (χ4v) is 2.70. The fourth-order valence-electron chi connectivity index (χ4n) is 2.70. The second kappa shape index (κ2) is 9.20. The smallest absolute Gasteiger partial charge is 0.270 e. The molecule has 0 unspecified atom stereocenters. The number of hydrogen-bond acceptors (Lipinski definition) is 6. The number of carbonyl (C=O) groups excluding carboxylic acids is 1. The molecule has 144 valence electrons. The van der Waals surface area contributed by atoms with Gasteiger partial charge in [-0.25, -0.2) is 0 Å². The zero-order valence-electron chi connectivity index (χ0n) is 14.7. The number of piperazine rings is 1. The molecule has 0 aliphatic carbocycles. The summed E-state index contributed by atoms with van der Waals surface area (Å²) in [6.07, 6.45) is 0. The minimum atomic E-state index is -0.522. The molecule has 9 heteroatoms. The molecule has 0 spiro atoms. The Morgan fingerprint density at radius 1 is 1.11 bits per heavy atom. The first-order chi connectivity index (χ1) is 12.6. The van der Waals surface area contributed by atoms with Crippen molar-refractivity contribution in [3.05, 3.63) is 58.1 Å². The van der Waals surface area contributed by atoms with Crippen LogP contribution in [0.5, 0.6) is 17.2 Å². The van der Waals surface area contributed by atoms with E-state index in [-0.39, 0.29) is 35.3 Å². The van der Waals surface area contributed by atoms with Gasteiger partial charge >= 0.3 is 0 Å². The van der Waals surface area contributed by atoms with E-state index in [0.717, 1.165) is 0 Å². The van der Waals surface area contributed by atoms with Crippen molar-refractivity contribution in [2.24, 2.45) is 0 Å². The van der Waals surface area contributed by atoms with Crippen molar-refractivity contribution in [3.8, 4) is 17.2 Å². The maximum absolute atomic E-state index is 12.9. The summed E-state index contributed by atoms with van der Waals surface area (Å²) in [5.41, 5.74) is 0.0301. The number of hydrogen-bond donors (Lipinski definition) is 1. The van der Waals surface area contributed by atoms with E-state index in [9.17, 15) is 14.9 Å². The largest absolute Gasteiger partial charge is 0.497 e. The van der Waals surface area contributed by atoms with Crippen LogP contribution >= 0.6 is 12.4 Å². The van der Waals surface area contributed by atoms with Crippen molar-refractivity contribution < 1.29 is 19.2 Å². The number of nitro benzene ring substituents is 1. The molecule has 1 heterocycles. The highest BCUT2D eigenvalue weighted by Gasteiger charge is 2.24. The van der Waals surface area contributed by atoms with Gasteiger partial charge in [-0.2, -0.15) is 0 Å². The Hall–Kier alpha value is -2.84. The average Bonchev–Trinajstić information content (AvgIpc) is 2.69. The van der Waals surface area contributed by atoms with Gasteiger partial charge in [0, 0.05) is 38.3 Å². The quantitative estimate of drug-likeness (QED) is 0.620. The predicted molar refractivity (Wildman–Crippen MR) is 102 cm³/mol. The average molecular weight is 394 g/mol. The lowest BCUT2D eigenvalue weighted by atomic mass is 10.1. The molecule has 8 nitrogen and oxygen atoms in total. The molecule has 0 saturated carbocycles. The Balaban J connectivity index is 0.00000261. The van der Waals surface area contributed by atoms with Gasteiger partial charge < -0.3 is 19.7 Å². The third-order valence-corrected chi connectivity index (χ3v) is 4.10. The van der Waals surface area contributed by atoms with Crippen LogP contribution in [-0.4, -0.2) is 49.0 Å². The van der Waals surface area contributed by atoms with Crippen LogP contribution in [-0.2, 0) is 0 Å². The van der Waals surface area contributed by atoms with E-state index in [4.69, 9.17) is 9.47 Å². The first-order valence-corrected chi connectivity index (χ1v) is 8.19. The SMILES string of the molecule is COc1ccc(Oc2ccc([N+](=O)[O-])cc2C(=O)N2CCNCC2)cc1.Cl. The Morgan fingerprint density at radius 3 is 2.33 bits per heavy atom. The van der Waals surface area contributed by atoms with E-state index in [1.807, 2.05) is 0 Å². The van der Waals surface area contributed by atoms with Crippen molar-refractivity contribution in [1.82, 2.24) is 10.2 Å². The monoisotopic (exact) mass is 393 g/mol. The topological polar surface area (TPSA) is 93.9 Å². The number of methoxy groups -OCH3 is 1. The molecule has 27 heavy (non-hydrogen) atoms. The van der Waals surface area contributed by atoms with Crippen LogP contribution in [0.25, 0.3) is 0 Å². The molecule has 2 aromatic carbocycles. The summed E-state index contributed by atoms with van der Waals surface area (Å²) >= 11 is 0. The van der Waals surface area contributed by atoms with Crippen molar-refractivity contribution in [1.29, 1.82) is 0 Å². The molecule has 0 bridgehead atoms. The van der Waals surface area contributed by atoms with E-state index in [1.54, 1.807) is 36.3 Å². The summed E-state index contributed by atoms with van der Waals surface area (Å²) in [4.78, 5) is 25.1. The minimum absolute atomic E-state index is 0. The standard InChI is InChI=1S/C18H19N3O5.ClH/c1-25-14-3-5-15(6-4-14)26-17-7-2-13(21(23)24)12-16(17)18(22)20-10-8-19-9-11-20;/h2-7,12,19H,8-11H2,1H3;1H. The van der Waals surface area contributed by atoms with Gasteiger partial charge in [0.2, 0.25) is 0 Å². The molecular formula is C18H20ClN3O5. The number of amides is 1. The fraction of sp³-hybridized carbons (Fsp3) is 0.278. The molecule has 0 aromatic heterocycles. The Kier molecular flexibility index (Phi) is 6.98. The van der Waals surface area contributed by atoms with Gasteiger partial charge in [-0.15, -0.1) is 12.4 Å². The maximum Gasteiger partial charge on any atom is 0.270 e. The third kappa shape index (κ3) is 4.87. The third-order valence-electron chi connectivity index (χ3n) is 4.10. The summed E-state index contributed by atoms with van der Waals surface area (Å²) in [6.45, 7) is 2.47. The number of nitrogens with zero attached hydrogens (tertiary/aromatic N) is 2. The van der Waals surface area contributed by atoms with Gasteiger partial charge in [-0.1, -0.05) is 0 Å². The number of rotatable bonds is 5. The van der Waals surface area contributed by atoms with Gasteiger partial charge in [0.15, 0.2) is 0 Å². The lowest BCUT2D eigenvalue weighted by Gasteiger charge is -2.28. The number of ether oxygens (including phenoxy) is 2.